The number of H-pyrrole nitrogens is 1. The fraction of sp³-hybridized carbons (Fsp3) is 0.182. The number of carbonyl (C=O) groups is 2. The maximum Gasteiger partial charge on any atom is 0.337 e. The number of ether oxygens (including phenoxy) is 1. The molecule has 0 aliphatic heterocycles. The van der Waals surface area contributed by atoms with Gasteiger partial charge in [-0.15, -0.1) is 11.3 Å². The van der Waals surface area contributed by atoms with Crippen molar-refractivity contribution < 1.29 is 14.3 Å². The number of aromatic amines is 1. The first-order valence-corrected chi connectivity index (χ1v) is 10.3. The highest BCUT2D eigenvalue weighted by Gasteiger charge is 2.23. The zero-order valence-corrected chi connectivity index (χ0v) is 18.3. The molecule has 0 aliphatic carbocycles. The topological polar surface area (TPSA) is 86.2 Å². The highest BCUT2D eigenvalue weighted by molar-refractivity contribution is 7.73. The van der Waals surface area contributed by atoms with Gasteiger partial charge in [0, 0.05) is 11.7 Å². The maximum atomic E-state index is 13.2. The van der Waals surface area contributed by atoms with Gasteiger partial charge in [-0.3, -0.25) is 4.79 Å². The van der Waals surface area contributed by atoms with Gasteiger partial charge < -0.3 is 14.6 Å². The fourth-order valence-electron chi connectivity index (χ4n) is 3.01. The fourth-order valence-corrected chi connectivity index (χ4v) is 4.15. The van der Waals surface area contributed by atoms with Gasteiger partial charge in [-0.05, 0) is 68.0 Å². The first-order chi connectivity index (χ1) is 14.3. The van der Waals surface area contributed by atoms with E-state index in [2.05, 4.69) is 9.72 Å². The van der Waals surface area contributed by atoms with Gasteiger partial charge in [-0.2, -0.15) is 5.26 Å². The number of amides is 1. The highest BCUT2D eigenvalue weighted by atomic mass is 32.1. The SMILES string of the molecule is COC(=O)c1ccc(/C=C(\C#N)C(=O)N(c2ccc3[nH]c(=S)sc3c2)C(C)C)cc1. The Hall–Kier alpha value is -3.28. The predicted octanol–water partition coefficient (Wildman–Crippen LogP) is 5.09. The maximum absolute atomic E-state index is 13.2. The molecule has 0 atom stereocenters. The molecule has 1 amide bonds. The number of rotatable bonds is 5. The summed E-state index contributed by atoms with van der Waals surface area (Å²) in [6.45, 7) is 3.78. The average molecular weight is 438 g/mol. The summed E-state index contributed by atoms with van der Waals surface area (Å²) in [6.07, 6.45) is 1.51. The normalized spacial score (nSPS) is 11.4. The van der Waals surface area contributed by atoms with Crippen molar-refractivity contribution in [2.24, 2.45) is 0 Å². The van der Waals surface area contributed by atoms with E-state index >= 15 is 0 Å². The molecule has 0 bridgehead atoms. The van der Waals surface area contributed by atoms with Gasteiger partial charge in [0.25, 0.3) is 5.91 Å². The van der Waals surface area contributed by atoms with Crippen LogP contribution in [0.15, 0.2) is 48.0 Å². The van der Waals surface area contributed by atoms with Crippen LogP contribution in [0.2, 0.25) is 0 Å². The van der Waals surface area contributed by atoms with E-state index in [1.54, 1.807) is 29.2 Å². The Labute approximate surface area is 183 Å². The molecule has 3 aromatic rings. The Kier molecular flexibility index (Phi) is 6.45. The van der Waals surface area contributed by atoms with E-state index in [1.807, 2.05) is 38.1 Å². The molecule has 30 heavy (non-hydrogen) atoms. The highest BCUT2D eigenvalue weighted by Crippen LogP contribution is 2.28. The van der Waals surface area contributed by atoms with Crippen molar-refractivity contribution >= 4 is 57.4 Å². The number of hydrogen-bond donors (Lipinski definition) is 1. The minimum atomic E-state index is -0.448. The summed E-state index contributed by atoms with van der Waals surface area (Å²) in [5.41, 5.74) is 2.62. The summed E-state index contributed by atoms with van der Waals surface area (Å²) in [4.78, 5) is 29.5. The van der Waals surface area contributed by atoms with Crippen LogP contribution in [0.3, 0.4) is 0 Å². The molecule has 1 heterocycles. The summed E-state index contributed by atoms with van der Waals surface area (Å²) < 4.78 is 6.29. The monoisotopic (exact) mass is 437 g/mol. The second-order valence-corrected chi connectivity index (χ2v) is 8.47. The third kappa shape index (κ3) is 4.48. The molecule has 1 N–H and O–H groups in total. The van der Waals surface area contributed by atoms with Gasteiger partial charge in [0.2, 0.25) is 0 Å². The van der Waals surface area contributed by atoms with Crippen LogP contribution in [0.5, 0.6) is 0 Å². The number of methoxy groups -OCH3 is 1. The Bertz CT molecular complexity index is 1230. The van der Waals surface area contributed by atoms with Gasteiger partial charge >= 0.3 is 5.97 Å². The van der Waals surface area contributed by atoms with Crippen molar-refractivity contribution in [3.63, 3.8) is 0 Å². The Morgan fingerprint density at radius 2 is 1.93 bits per heavy atom. The molecule has 0 unspecified atom stereocenters. The number of thiazole rings is 1. The molecule has 2 aromatic carbocycles. The molecule has 6 nitrogen and oxygen atoms in total. The number of anilines is 1. The van der Waals surface area contributed by atoms with Crippen LogP contribution in [-0.2, 0) is 9.53 Å². The zero-order valence-electron chi connectivity index (χ0n) is 16.6. The lowest BCUT2D eigenvalue weighted by molar-refractivity contribution is -0.115. The van der Waals surface area contributed by atoms with Crippen molar-refractivity contribution in [3.8, 4) is 6.07 Å². The van der Waals surface area contributed by atoms with E-state index in [1.165, 1.54) is 24.5 Å². The van der Waals surface area contributed by atoms with Gasteiger partial charge in [0.05, 0.1) is 22.9 Å². The molecule has 0 saturated heterocycles. The Balaban J connectivity index is 1.96. The lowest BCUT2D eigenvalue weighted by Crippen LogP contribution is -2.37. The minimum absolute atomic E-state index is 0.00341. The van der Waals surface area contributed by atoms with Crippen molar-refractivity contribution in [2.75, 3.05) is 12.0 Å². The van der Waals surface area contributed by atoms with E-state index < -0.39 is 11.9 Å². The number of esters is 1. The number of fused-ring (bicyclic) bond motifs is 1. The van der Waals surface area contributed by atoms with E-state index in [9.17, 15) is 14.9 Å². The molecule has 3 rings (SSSR count). The molecule has 8 heteroatoms. The molecular formula is C22H19N3O3S2. The van der Waals surface area contributed by atoms with Crippen molar-refractivity contribution in [3.05, 3.63) is 63.1 Å². The van der Waals surface area contributed by atoms with Crippen LogP contribution >= 0.6 is 23.6 Å². The summed E-state index contributed by atoms with van der Waals surface area (Å²) in [5, 5.41) is 9.63. The lowest BCUT2D eigenvalue weighted by atomic mass is 10.1. The van der Waals surface area contributed by atoms with Crippen LogP contribution in [-0.4, -0.2) is 30.0 Å². The third-order valence-corrected chi connectivity index (χ3v) is 5.61. The Morgan fingerprint density at radius 3 is 2.53 bits per heavy atom. The number of nitriles is 1. The second-order valence-electron chi connectivity index (χ2n) is 6.75. The summed E-state index contributed by atoms with van der Waals surface area (Å²) in [7, 11) is 1.31. The van der Waals surface area contributed by atoms with Crippen molar-refractivity contribution in [1.29, 1.82) is 5.26 Å². The smallest absolute Gasteiger partial charge is 0.337 e. The first-order valence-electron chi connectivity index (χ1n) is 9.10. The van der Waals surface area contributed by atoms with Crippen LogP contribution in [0.4, 0.5) is 5.69 Å². The summed E-state index contributed by atoms with van der Waals surface area (Å²) >= 11 is 6.63. The van der Waals surface area contributed by atoms with E-state index in [0.717, 1.165) is 10.2 Å². The van der Waals surface area contributed by atoms with E-state index in [-0.39, 0.29) is 11.6 Å². The van der Waals surface area contributed by atoms with Gasteiger partial charge in [0.1, 0.15) is 11.6 Å². The standard InChI is InChI=1S/C22H19N3O3S2/c1-13(2)25(17-8-9-18-19(11-17)30-22(29)24-18)20(26)16(12-23)10-14-4-6-15(7-5-14)21(27)28-3/h4-11,13H,1-3H3,(H,24,29)/b16-10+. The van der Waals surface area contributed by atoms with Crippen LogP contribution in [0, 0.1) is 15.3 Å². The van der Waals surface area contributed by atoms with Crippen molar-refractivity contribution in [1.82, 2.24) is 4.98 Å². The molecule has 0 spiro atoms. The van der Waals surface area contributed by atoms with Gasteiger partial charge in [-0.25, -0.2) is 4.79 Å². The Morgan fingerprint density at radius 1 is 1.23 bits per heavy atom. The van der Waals surface area contributed by atoms with Crippen LogP contribution < -0.4 is 4.90 Å². The molecule has 1 aromatic heterocycles. The largest absolute Gasteiger partial charge is 0.465 e. The molecule has 0 aliphatic rings. The molecule has 0 fully saturated rings. The lowest BCUT2D eigenvalue weighted by Gasteiger charge is -2.26. The van der Waals surface area contributed by atoms with E-state index in [4.69, 9.17) is 12.2 Å². The molecule has 0 radical (unpaired) electrons. The molecule has 152 valence electrons. The number of nitrogens with zero attached hydrogens (tertiary/aromatic N) is 2. The summed E-state index contributed by atoms with van der Waals surface area (Å²) in [6, 6.07) is 13.9. The second kappa shape index (κ2) is 9.03. The number of nitrogens with one attached hydrogen (secondary N) is 1. The number of benzene rings is 2. The summed E-state index contributed by atoms with van der Waals surface area (Å²) in [5.74, 6) is -0.848. The first kappa shape index (κ1) is 21.4. The minimum Gasteiger partial charge on any atom is -0.465 e. The van der Waals surface area contributed by atoms with Gasteiger partial charge in [0.15, 0.2) is 3.95 Å². The zero-order chi connectivity index (χ0) is 21.8. The van der Waals surface area contributed by atoms with Crippen molar-refractivity contribution in [2.45, 2.75) is 19.9 Å². The molecule has 0 saturated carbocycles. The average Bonchev–Trinajstić information content (AvgIpc) is 3.11. The van der Waals surface area contributed by atoms with E-state index in [0.29, 0.717) is 20.8 Å². The number of carbonyl (C=O) groups excluding carboxylic acids is 2. The van der Waals surface area contributed by atoms with Crippen LogP contribution in [0.25, 0.3) is 16.3 Å². The molecular weight excluding hydrogens is 418 g/mol. The number of aromatic nitrogens is 1. The van der Waals surface area contributed by atoms with Crippen LogP contribution in [0.1, 0.15) is 29.8 Å². The quantitative estimate of drug-likeness (QED) is 0.260. The van der Waals surface area contributed by atoms with Gasteiger partial charge in [-0.1, -0.05) is 12.1 Å². The number of hydrogen-bond acceptors (Lipinski definition) is 6. The predicted molar refractivity (Wildman–Crippen MR) is 121 cm³/mol. The third-order valence-electron chi connectivity index (χ3n) is 4.41.